The third-order valence-corrected chi connectivity index (χ3v) is 3.08. The van der Waals surface area contributed by atoms with E-state index in [4.69, 9.17) is 0 Å². The van der Waals surface area contributed by atoms with Crippen molar-refractivity contribution in [3.63, 3.8) is 0 Å². The predicted octanol–water partition coefficient (Wildman–Crippen LogP) is 2.69. The maximum atomic E-state index is 4.33. The van der Waals surface area contributed by atoms with E-state index in [9.17, 15) is 0 Å². The number of aromatic nitrogens is 3. The Labute approximate surface area is 85.5 Å². The lowest BCUT2D eigenvalue weighted by molar-refractivity contribution is 0.488. The minimum atomic E-state index is 0.441. The van der Waals surface area contributed by atoms with E-state index in [0.717, 1.165) is 6.42 Å². The fourth-order valence-corrected chi connectivity index (χ4v) is 2.25. The van der Waals surface area contributed by atoms with Crippen LogP contribution in [0.15, 0.2) is 0 Å². The summed E-state index contributed by atoms with van der Waals surface area (Å²) in [4.78, 5) is 0. The van der Waals surface area contributed by atoms with Crippen LogP contribution in [0, 0.1) is 0 Å². The Morgan fingerprint density at radius 2 is 2.14 bits per heavy atom. The van der Waals surface area contributed by atoms with Gasteiger partial charge in [-0.25, -0.2) is 4.68 Å². The van der Waals surface area contributed by atoms with Gasteiger partial charge in [-0.3, -0.25) is 0 Å². The second-order valence-corrected chi connectivity index (χ2v) is 4.61. The molecular weight excluding hydrogens is 174 g/mol. The predicted molar refractivity (Wildman–Crippen MR) is 56.4 cm³/mol. The molecule has 3 heteroatoms. The second-order valence-electron chi connectivity index (χ2n) is 4.61. The van der Waals surface area contributed by atoms with Gasteiger partial charge in [0.25, 0.3) is 0 Å². The quantitative estimate of drug-likeness (QED) is 0.642. The Kier molecular flexibility index (Phi) is 2.57. The molecule has 1 aromatic rings. The monoisotopic (exact) mass is 193 g/mol. The van der Waals surface area contributed by atoms with E-state index in [-0.39, 0.29) is 0 Å². The van der Waals surface area contributed by atoms with Crippen LogP contribution in [0.3, 0.4) is 0 Å². The molecule has 1 aliphatic rings. The molecule has 0 bridgehead atoms. The van der Waals surface area contributed by atoms with Crippen molar-refractivity contribution < 1.29 is 0 Å². The molecule has 2 rings (SSSR count). The van der Waals surface area contributed by atoms with Crippen LogP contribution >= 0.6 is 0 Å². The van der Waals surface area contributed by atoms with Crippen molar-refractivity contribution in [3.8, 4) is 0 Å². The van der Waals surface area contributed by atoms with Gasteiger partial charge in [-0.15, -0.1) is 5.10 Å². The van der Waals surface area contributed by atoms with Gasteiger partial charge >= 0.3 is 0 Å². The number of hydrogen-bond donors (Lipinski definition) is 0. The third-order valence-electron chi connectivity index (χ3n) is 3.08. The smallest absolute Gasteiger partial charge is 0.0887 e. The SMILES string of the molecule is CC1CCCCc2c1nnn2C(C)C. The largest absolute Gasteiger partial charge is 0.247 e. The van der Waals surface area contributed by atoms with Gasteiger partial charge in [0.1, 0.15) is 0 Å². The average molecular weight is 193 g/mol. The highest BCUT2D eigenvalue weighted by Crippen LogP contribution is 2.29. The number of nitrogens with zero attached hydrogens (tertiary/aromatic N) is 3. The lowest BCUT2D eigenvalue weighted by Crippen LogP contribution is -2.08. The van der Waals surface area contributed by atoms with Gasteiger partial charge < -0.3 is 0 Å². The van der Waals surface area contributed by atoms with Crippen molar-refractivity contribution in [2.24, 2.45) is 0 Å². The van der Waals surface area contributed by atoms with Crippen molar-refractivity contribution in [3.05, 3.63) is 11.4 Å². The van der Waals surface area contributed by atoms with Gasteiger partial charge in [0, 0.05) is 12.0 Å². The number of fused-ring (bicyclic) bond motifs is 1. The van der Waals surface area contributed by atoms with E-state index in [1.165, 1.54) is 30.7 Å². The van der Waals surface area contributed by atoms with Gasteiger partial charge in [0.05, 0.1) is 11.4 Å². The average Bonchev–Trinajstić information content (AvgIpc) is 2.48. The minimum Gasteiger partial charge on any atom is -0.247 e. The third kappa shape index (κ3) is 1.56. The molecule has 1 unspecified atom stereocenters. The van der Waals surface area contributed by atoms with Crippen molar-refractivity contribution >= 4 is 0 Å². The van der Waals surface area contributed by atoms with Gasteiger partial charge in [-0.1, -0.05) is 18.6 Å². The molecule has 0 radical (unpaired) electrons. The molecular formula is C11H19N3. The minimum absolute atomic E-state index is 0.441. The van der Waals surface area contributed by atoms with E-state index in [1.807, 2.05) is 0 Å². The van der Waals surface area contributed by atoms with Gasteiger partial charge in [-0.05, 0) is 33.1 Å². The van der Waals surface area contributed by atoms with Crippen LogP contribution < -0.4 is 0 Å². The first-order valence-electron chi connectivity index (χ1n) is 5.64. The molecule has 1 atom stereocenters. The number of hydrogen-bond acceptors (Lipinski definition) is 2. The zero-order valence-corrected chi connectivity index (χ0v) is 9.32. The fourth-order valence-electron chi connectivity index (χ4n) is 2.25. The van der Waals surface area contributed by atoms with E-state index < -0.39 is 0 Å². The molecule has 0 fully saturated rings. The summed E-state index contributed by atoms with van der Waals surface area (Å²) in [6, 6.07) is 0.441. The Bertz CT molecular complexity index is 314. The van der Waals surface area contributed by atoms with Crippen LogP contribution in [0.5, 0.6) is 0 Å². The second kappa shape index (κ2) is 3.71. The van der Waals surface area contributed by atoms with Crippen molar-refractivity contribution in [2.75, 3.05) is 0 Å². The summed E-state index contributed by atoms with van der Waals surface area (Å²) in [5.41, 5.74) is 2.63. The van der Waals surface area contributed by atoms with Crippen LogP contribution in [0.2, 0.25) is 0 Å². The molecule has 3 nitrogen and oxygen atoms in total. The molecule has 14 heavy (non-hydrogen) atoms. The molecule has 0 spiro atoms. The molecule has 0 saturated carbocycles. The first kappa shape index (κ1) is 9.69. The highest BCUT2D eigenvalue weighted by Gasteiger charge is 2.21. The highest BCUT2D eigenvalue weighted by atomic mass is 15.4. The summed E-state index contributed by atoms with van der Waals surface area (Å²) in [5.74, 6) is 0.597. The standard InChI is InChI=1S/C11H19N3/c1-8(2)14-10-7-5-4-6-9(3)11(10)12-13-14/h8-9H,4-7H2,1-3H3. The van der Waals surface area contributed by atoms with Crippen LogP contribution in [-0.2, 0) is 6.42 Å². The van der Waals surface area contributed by atoms with E-state index in [0.29, 0.717) is 12.0 Å². The first-order valence-corrected chi connectivity index (χ1v) is 5.64. The lowest BCUT2D eigenvalue weighted by atomic mass is 10.0. The Balaban J connectivity index is 2.39. The van der Waals surface area contributed by atoms with E-state index in [2.05, 4.69) is 35.8 Å². The van der Waals surface area contributed by atoms with Crippen molar-refractivity contribution in [1.29, 1.82) is 0 Å². The molecule has 78 valence electrons. The lowest BCUT2D eigenvalue weighted by Gasteiger charge is -2.09. The van der Waals surface area contributed by atoms with Gasteiger partial charge in [-0.2, -0.15) is 0 Å². The van der Waals surface area contributed by atoms with Crippen LogP contribution in [-0.4, -0.2) is 15.0 Å². The van der Waals surface area contributed by atoms with Crippen LogP contribution in [0.25, 0.3) is 0 Å². The summed E-state index contributed by atoms with van der Waals surface area (Å²) in [7, 11) is 0. The topological polar surface area (TPSA) is 30.7 Å². The molecule has 0 aromatic carbocycles. The van der Waals surface area contributed by atoms with Crippen LogP contribution in [0.1, 0.15) is 63.4 Å². The summed E-state index contributed by atoms with van der Waals surface area (Å²) in [5, 5.41) is 8.59. The maximum Gasteiger partial charge on any atom is 0.0887 e. The normalized spacial score (nSPS) is 22.1. The maximum absolute atomic E-state index is 4.33. The van der Waals surface area contributed by atoms with Crippen LogP contribution in [0.4, 0.5) is 0 Å². The van der Waals surface area contributed by atoms with Gasteiger partial charge in [0.15, 0.2) is 0 Å². The Hall–Kier alpha value is -0.860. The Morgan fingerprint density at radius 1 is 1.36 bits per heavy atom. The fraction of sp³-hybridized carbons (Fsp3) is 0.818. The van der Waals surface area contributed by atoms with Crippen molar-refractivity contribution in [2.45, 2.75) is 58.4 Å². The molecule has 1 heterocycles. The highest BCUT2D eigenvalue weighted by molar-refractivity contribution is 5.17. The zero-order valence-electron chi connectivity index (χ0n) is 9.32. The summed E-state index contributed by atoms with van der Waals surface area (Å²) >= 11 is 0. The zero-order chi connectivity index (χ0) is 10.1. The molecule has 1 aliphatic carbocycles. The molecule has 1 aromatic heterocycles. The van der Waals surface area contributed by atoms with E-state index in [1.54, 1.807) is 0 Å². The first-order chi connectivity index (χ1) is 6.70. The molecule has 0 saturated heterocycles. The molecule has 0 amide bonds. The van der Waals surface area contributed by atoms with E-state index >= 15 is 0 Å². The molecule has 0 N–H and O–H groups in total. The summed E-state index contributed by atoms with van der Waals surface area (Å²) in [6.45, 7) is 6.61. The Morgan fingerprint density at radius 3 is 2.86 bits per heavy atom. The summed E-state index contributed by atoms with van der Waals surface area (Å²) < 4.78 is 2.09. The van der Waals surface area contributed by atoms with Gasteiger partial charge in [0.2, 0.25) is 0 Å². The van der Waals surface area contributed by atoms with Crippen molar-refractivity contribution in [1.82, 2.24) is 15.0 Å². The molecule has 0 aliphatic heterocycles. The number of rotatable bonds is 1. The summed E-state index contributed by atoms with van der Waals surface area (Å²) in [6.07, 6.45) is 5.04.